The highest BCUT2D eigenvalue weighted by Gasteiger charge is 2.18. The van der Waals surface area contributed by atoms with Crippen molar-refractivity contribution in [3.63, 3.8) is 0 Å². The van der Waals surface area contributed by atoms with E-state index in [1.54, 1.807) is 45.2 Å². The summed E-state index contributed by atoms with van der Waals surface area (Å²) in [6.45, 7) is -0.0906. The number of nitrogens with zero attached hydrogens (tertiary/aromatic N) is 2. The number of rotatable bonds is 9. The standard InChI is InChI=1S/C18H25N3O4S/c1-21-15(18(23)19-13(11-22)7-8-26-4)10-14(20-21)12-5-6-16(24-2)17(9-12)25-3/h5-6,9-10,13,22H,7-8,11H2,1-4H3,(H,19,23)/t13-/m1/s1. The zero-order valence-electron chi connectivity index (χ0n) is 15.5. The second-order valence-corrected chi connectivity index (χ2v) is 6.73. The van der Waals surface area contributed by atoms with Gasteiger partial charge in [0.2, 0.25) is 0 Å². The van der Waals surface area contributed by atoms with E-state index in [0.29, 0.717) is 29.3 Å². The molecule has 26 heavy (non-hydrogen) atoms. The van der Waals surface area contributed by atoms with Crippen LogP contribution in [-0.2, 0) is 7.05 Å². The van der Waals surface area contributed by atoms with Crippen molar-refractivity contribution in [1.82, 2.24) is 15.1 Å². The Labute approximate surface area is 157 Å². The average molecular weight is 379 g/mol. The van der Waals surface area contributed by atoms with E-state index in [-0.39, 0.29) is 18.6 Å². The summed E-state index contributed by atoms with van der Waals surface area (Å²) in [4.78, 5) is 12.5. The van der Waals surface area contributed by atoms with Crippen LogP contribution in [0.2, 0.25) is 0 Å². The molecule has 0 fully saturated rings. The third kappa shape index (κ3) is 4.70. The van der Waals surface area contributed by atoms with Gasteiger partial charge in [-0.15, -0.1) is 0 Å². The number of amides is 1. The van der Waals surface area contributed by atoms with E-state index in [4.69, 9.17) is 9.47 Å². The van der Waals surface area contributed by atoms with Gasteiger partial charge in [0.25, 0.3) is 5.91 Å². The third-order valence-electron chi connectivity index (χ3n) is 4.02. The Kier molecular flexibility index (Phi) is 7.35. The lowest BCUT2D eigenvalue weighted by Gasteiger charge is -2.15. The molecule has 0 aliphatic rings. The van der Waals surface area contributed by atoms with Gasteiger partial charge in [0.05, 0.1) is 32.6 Å². The van der Waals surface area contributed by atoms with Crippen molar-refractivity contribution in [2.45, 2.75) is 12.5 Å². The monoisotopic (exact) mass is 379 g/mol. The fourth-order valence-corrected chi connectivity index (χ4v) is 3.07. The summed E-state index contributed by atoms with van der Waals surface area (Å²) in [6, 6.07) is 6.93. The number of methoxy groups -OCH3 is 2. The summed E-state index contributed by atoms with van der Waals surface area (Å²) in [6.07, 6.45) is 2.70. The predicted octanol–water partition coefficient (Wildman–Crippen LogP) is 1.95. The Bertz CT molecular complexity index is 748. The molecule has 2 rings (SSSR count). The Morgan fingerprint density at radius 2 is 2.04 bits per heavy atom. The van der Waals surface area contributed by atoms with Crippen LogP contribution in [0.4, 0.5) is 0 Å². The minimum absolute atomic E-state index is 0.0906. The number of aryl methyl sites for hydroxylation is 1. The molecule has 0 saturated carbocycles. The largest absolute Gasteiger partial charge is 0.493 e. The lowest BCUT2D eigenvalue weighted by atomic mass is 10.1. The Balaban J connectivity index is 2.21. The van der Waals surface area contributed by atoms with E-state index in [2.05, 4.69) is 10.4 Å². The molecule has 2 aromatic rings. The molecule has 1 aromatic carbocycles. The van der Waals surface area contributed by atoms with Gasteiger partial charge in [-0.3, -0.25) is 9.48 Å². The van der Waals surface area contributed by atoms with Crippen LogP contribution in [0.3, 0.4) is 0 Å². The van der Waals surface area contributed by atoms with E-state index in [1.807, 2.05) is 18.4 Å². The highest BCUT2D eigenvalue weighted by atomic mass is 32.2. The molecule has 142 valence electrons. The predicted molar refractivity (Wildman–Crippen MR) is 103 cm³/mol. The van der Waals surface area contributed by atoms with Crippen LogP contribution in [0, 0.1) is 0 Å². The van der Waals surface area contributed by atoms with Crippen molar-refractivity contribution in [2.24, 2.45) is 7.05 Å². The van der Waals surface area contributed by atoms with Gasteiger partial charge in [-0.05, 0) is 42.7 Å². The van der Waals surface area contributed by atoms with Crippen molar-refractivity contribution in [2.75, 3.05) is 32.8 Å². The second kappa shape index (κ2) is 9.49. The molecular weight excluding hydrogens is 354 g/mol. The quantitative estimate of drug-likeness (QED) is 0.693. The van der Waals surface area contributed by atoms with E-state index in [1.165, 1.54) is 4.68 Å². The molecular formula is C18H25N3O4S. The van der Waals surface area contributed by atoms with Crippen molar-refractivity contribution in [1.29, 1.82) is 0 Å². The molecule has 0 aliphatic carbocycles. The van der Waals surface area contributed by atoms with Crippen molar-refractivity contribution in [3.8, 4) is 22.8 Å². The van der Waals surface area contributed by atoms with Crippen LogP contribution in [0.5, 0.6) is 11.5 Å². The van der Waals surface area contributed by atoms with Crippen molar-refractivity contribution >= 4 is 17.7 Å². The molecule has 0 unspecified atom stereocenters. The average Bonchev–Trinajstić information content (AvgIpc) is 3.06. The molecule has 1 amide bonds. The SMILES string of the molecule is COc1ccc(-c2cc(C(=O)N[C@@H](CO)CCSC)n(C)n2)cc1OC. The van der Waals surface area contributed by atoms with Crippen molar-refractivity contribution < 1.29 is 19.4 Å². The molecule has 8 heteroatoms. The van der Waals surface area contributed by atoms with Gasteiger partial charge in [0, 0.05) is 12.6 Å². The molecule has 2 N–H and O–H groups in total. The fourth-order valence-electron chi connectivity index (χ4n) is 2.54. The van der Waals surface area contributed by atoms with Gasteiger partial charge in [0.15, 0.2) is 11.5 Å². The number of aliphatic hydroxyl groups is 1. The van der Waals surface area contributed by atoms with E-state index in [0.717, 1.165) is 11.3 Å². The smallest absolute Gasteiger partial charge is 0.269 e. The van der Waals surface area contributed by atoms with Gasteiger partial charge < -0.3 is 19.9 Å². The normalized spacial score (nSPS) is 11.9. The van der Waals surface area contributed by atoms with Crippen LogP contribution in [-0.4, -0.2) is 59.7 Å². The van der Waals surface area contributed by atoms with Crippen molar-refractivity contribution in [3.05, 3.63) is 30.0 Å². The number of aliphatic hydroxyl groups excluding tert-OH is 1. The number of aromatic nitrogens is 2. The molecule has 0 radical (unpaired) electrons. The molecule has 1 heterocycles. The summed E-state index contributed by atoms with van der Waals surface area (Å²) in [7, 11) is 4.87. The van der Waals surface area contributed by atoms with Crippen LogP contribution >= 0.6 is 11.8 Å². The molecule has 0 saturated heterocycles. The zero-order chi connectivity index (χ0) is 19.1. The maximum Gasteiger partial charge on any atom is 0.269 e. The lowest BCUT2D eigenvalue weighted by Crippen LogP contribution is -2.38. The zero-order valence-corrected chi connectivity index (χ0v) is 16.3. The first-order chi connectivity index (χ1) is 12.5. The second-order valence-electron chi connectivity index (χ2n) is 5.74. The topological polar surface area (TPSA) is 85.6 Å². The summed E-state index contributed by atoms with van der Waals surface area (Å²) in [5.74, 6) is 1.84. The number of carbonyl (C=O) groups excluding carboxylic acids is 1. The number of nitrogens with one attached hydrogen (secondary N) is 1. The highest BCUT2D eigenvalue weighted by Crippen LogP contribution is 2.31. The minimum atomic E-state index is -0.269. The first-order valence-electron chi connectivity index (χ1n) is 8.21. The maximum absolute atomic E-state index is 12.5. The molecule has 7 nitrogen and oxygen atoms in total. The van der Waals surface area contributed by atoms with Gasteiger partial charge in [-0.25, -0.2) is 0 Å². The first kappa shape index (κ1) is 20.1. The Morgan fingerprint density at radius 3 is 2.65 bits per heavy atom. The van der Waals surface area contributed by atoms with Crippen LogP contribution < -0.4 is 14.8 Å². The Morgan fingerprint density at radius 1 is 1.31 bits per heavy atom. The number of benzene rings is 1. The lowest BCUT2D eigenvalue weighted by molar-refractivity contribution is 0.0906. The fraction of sp³-hybridized carbons (Fsp3) is 0.444. The number of thioether (sulfide) groups is 1. The summed E-state index contributed by atoms with van der Waals surface area (Å²) in [5, 5.41) is 16.7. The van der Waals surface area contributed by atoms with Gasteiger partial charge >= 0.3 is 0 Å². The van der Waals surface area contributed by atoms with E-state index in [9.17, 15) is 9.90 Å². The first-order valence-corrected chi connectivity index (χ1v) is 9.60. The number of hydrogen-bond donors (Lipinski definition) is 2. The summed E-state index contributed by atoms with van der Waals surface area (Å²) in [5.41, 5.74) is 1.90. The maximum atomic E-state index is 12.5. The number of ether oxygens (including phenoxy) is 2. The van der Waals surface area contributed by atoms with E-state index >= 15 is 0 Å². The number of hydrogen-bond acceptors (Lipinski definition) is 6. The van der Waals surface area contributed by atoms with Crippen LogP contribution in [0.1, 0.15) is 16.9 Å². The minimum Gasteiger partial charge on any atom is -0.493 e. The summed E-state index contributed by atoms with van der Waals surface area (Å²) >= 11 is 1.68. The number of carbonyl (C=O) groups is 1. The van der Waals surface area contributed by atoms with Crippen LogP contribution in [0.25, 0.3) is 11.3 Å². The van der Waals surface area contributed by atoms with Gasteiger partial charge in [-0.1, -0.05) is 0 Å². The van der Waals surface area contributed by atoms with Gasteiger partial charge in [-0.2, -0.15) is 16.9 Å². The highest BCUT2D eigenvalue weighted by molar-refractivity contribution is 7.98. The van der Waals surface area contributed by atoms with Crippen LogP contribution in [0.15, 0.2) is 24.3 Å². The van der Waals surface area contributed by atoms with E-state index < -0.39 is 0 Å². The molecule has 1 atom stereocenters. The molecule has 0 aliphatic heterocycles. The third-order valence-corrected chi connectivity index (χ3v) is 4.66. The molecule has 0 bridgehead atoms. The van der Waals surface area contributed by atoms with Gasteiger partial charge in [0.1, 0.15) is 5.69 Å². The molecule has 0 spiro atoms. The molecule has 1 aromatic heterocycles. The Hall–Kier alpha value is -2.19. The summed E-state index contributed by atoms with van der Waals surface area (Å²) < 4.78 is 12.1.